The summed E-state index contributed by atoms with van der Waals surface area (Å²) >= 11 is 0. The van der Waals surface area contributed by atoms with Gasteiger partial charge in [0.25, 0.3) is 0 Å². The van der Waals surface area contributed by atoms with Crippen LogP contribution in [0.25, 0.3) is 0 Å². The van der Waals surface area contributed by atoms with E-state index in [1.54, 1.807) is 0 Å². The van der Waals surface area contributed by atoms with Gasteiger partial charge in [0.2, 0.25) is 0 Å². The topological polar surface area (TPSA) is 44.5 Å². The van der Waals surface area contributed by atoms with Crippen LogP contribution in [-0.2, 0) is 9.47 Å². The molecule has 0 aliphatic heterocycles. The summed E-state index contributed by atoms with van der Waals surface area (Å²) in [4.78, 5) is 0. The predicted molar refractivity (Wildman–Crippen MR) is 73.5 cm³/mol. The maximum absolute atomic E-state index is 6.22. The largest absolute Gasteiger partial charge is 0.374 e. The van der Waals surface area contributed by atoms with Gasteiger partial charge in [0.1, 0.15) is 0 Å². The van der Waals surface area contributed by atoms with Gasteiger partial charge in [-0.15, -0.1) is 0 Å². The van der Waals surface area contributed by atoms with Gasteiger partial charge < -0.3 is 15.2 Å². The van der Waals surface area contributed by atoms with Crippen molar-refractivity contribution >= 4 is 0 Å². The Morgan fingerprint density at radius 1 is 1.11 bits per heavy atom. The van der Waals surface area contributed by atoms with Crippen LogP contribution >= 0.6 is 0 Å². The third kappa shape index (κ3) is 3.25. The normalized spacial score (nSPS) is 44.7. The lowest BCUT2D eigenvalue weighted by atomic mass is 9.79. The van der Waals surface area contributed by atoms with Gasteiger partial charge in [-0.1, -0.05) is 20.8 Å². The van der Waals surface area contributed by atoms with Crippen molar-refractivity contribution in [2.45, 2.75) is 77.2 Å². The molecule has 6 unspecified atom stereocenters. The zero-order valence-electron chi connectivity index (χ0n) is 12.1. The van der Waals surface area contributed by atoms with Crippen LogP contribution in [0.1, 0.15) is 52.9 Å². The van der Waals surface area contributed by atoms with Gasteiger partial charge in [-0.3, -0.25) is 0 Å². The van der Waals surface area contributed by atoms with E-state index < -0.39 is 0 Å². The smallest absolute Gasteiger partial charge is 0.0988 e. The van der Waals surface area contributed by atoms with Gasteiger partial charge in [-0.05, 0) is 43.9 Å². The Hall–Kier alpha value is -0.120. The number of hydrogen-bond donors (Lipinski definition) is 1. The SMILES string of the molecule is CCCOC1C(N)CC1OC1CCC(C)C(C)C1. The first-order valence-corrected chi connectivity index (χ1v) is 7.64. The fourth-order valence-corrected chi connectivity index (χ4v) is 3.10. The van der Waals surface area contributed by atoms with Crippen molar-refractivity contribution in [1.29, 1.82) is 0 Å². The van der Waals surface area contributed by atoms with E-state index in [4.69, 9.17) is 15.2 Å². The van der Waals surface area contributed by atoms with E-state index in [1.807, 2.05) is 0 Å². The second-order valence-electron chi connectivity index (χ2n) is 6.30. The third-order valence-corrected chi connectivity index (χ3v) is 4.72. The molecule has 0 bridgehead atoms. The van der Waals surface area contributed by atoms with E-state index in [0.29, 0.717) is 6.10 Å². The molecule has 2 fully saturated rings. The quantitative estimate of drug-likeness (QED) is 0.821. The van der Waals surface area contributed by atoms with Crippen LogP contribution in [0.5, 0.6) is 0 Å². The Kier molecular flexibility index (Phi) is 5.05. The predicted octanol–water partition coefficient (Wildman–Crippen LogP) is 2.72. The summed E-state index contributed by atoms with van der Waals surface area (Å²) in [6, 6.07) is 0.182. The minimum Gasteiger partial charge on any atom is -0.374 e. The average Bonchev–Trinajstić information content (AvgIpc) is 2.33. The molecule has 2 aliphatic carbocycles. The molecule has 0 aromatic carbocycles. The molecule has 0 saturated heterocycles. The average molecular weight is 255 g/mol. The van der Waals surface area contributed by atoms with Gasteiger partial charge in [-0.2, -0.15) is 0 Å². The maximum Gasteiger partial charge on any atom is 0.0988 e. The molecular formula is C15H29NO2. The molecule has 0 heterocycles. The summed E-state index contributed by atoms with van der Waals surface area (Å²) in [5.41, 5.74) is 6.00. The molecule has 2 rings (SSSR count). The first-order valence-electron chi connectivity index (χ1n) is 7.64. The Morgan fingerprint density at radius 3 is 2.50 bits per heavy atom. The van der Waals surface area contributed by atoms with Gasteiger partial charge in [-0.25, -0.2) is 0 Å². The second kappa shape index (κ2) is 6.36. The molecular weight excluding hydrogens is 226 g/mol. The lowest BCUT2D eigenvalue weighted by molar-refractivity contribution is -0.170. The first-order chi connectivity index (χ1) is 8.61. The minimum atomic E-state index is 0.139. The van der Waals surface area contributed by atoms with Crippen molar-refractivity contribution < 1.29 is 9.47 Å². The molecule has 2 saturated carbocycles. The Labute approximate surface area is 111 Å². The molecule has 18 heavy (non-hydrogen) atoms. The molecule has 0 aromatic heterocycles. The van der Waals surface area contributed by atoms with Gasteiger partial charge in [0, 0.05) is 12.6 Å². The van der Waals surface area contributed by atoms with Crippen molar-refractivity contribution in [2.75, 3.05) is 6.61 Å². The molecule has 0 radical (unpaired) electrons. The third-order valence-electron chi connectivity index (χ3n) is 4.72. The highest BCUT2D eigenvalue weighted by molar-refractivity contribution is 4.96. The van der Waals surface area contributed by atoms with E-state index in [9.17, 15) is 0 Å². The highest BCUT2D eigenvalue weighted by atomic mass is 16.6. The molecule has 6 atom stereocenters. The Balaban J connectivity index is 1.76. The van der Waals surface area contributed by atoms with E-state index in [2.05, 4.69) is 20.8 Å². The van der Waals surface area contributed by atoms with Crippen molar-refractivity contribution in [1.82, 2.24) is 0 Å². The van der Waals surface area contributed by atoms with Crippen LogP contribution in [0.15, 0.2) is 0 Å². The molecule has 106 valence electrons. The Bertz CT molecular complexity index is 259. The highest BCUT2D eigenvalue weighted by Crippen LogP contribution is 2.35. The first kappa shape index (κ1) is 14.3. The van der Waals surface area contributed by atoms with Gasteiger partial charge in [0.05, 0.1) is 18.3 Å². The Morgan fingerprint density at radius 2 is 1.89 bits per heavy atom. The summed E-state index contributed by atoms with van der Waals surface area (Å²) in [5.74, 6) is 1.63. The summed E-state index contributed by atoms with van der Waals surface area (Å²) < 4.78 is 12.0. The summed E-state index contributed by atoms with van der Waals surface area (Å²) in [6.45, 7) is 7.63. The molecule has 2 aliphatic rings. The van der Waals surface area contributed by atoms with Crippen molar-refractivity contribution in [3.05, 3.63) is 0 Å². The van der Waals surface area contributed by atoms with Crippen molar-refractivity contribution in [3.8, 4) is 0 Å². The standard InChI is InChI=1S/C15H29NO2/c1-4-7-17-15-13(16)9-14(15)18-12-6-5-10(2)11(3)8-12/h10-15H,4-9,16H2,1-3H3. The van der Waals surface area contributed by atoms with E-state index >= 15 is 0 Å². The second-order valence-corrected chi connectivity index (χ2v) is 6.30. The zero-order chi connectivity index (χ0) is 13.1. The lowest BCUT2D eigenvalue weighted by Gasteiger charge is -2.45. The molecule has 3 heteroatoms. The summed E-state index contributed by atoms with van der Waals surface area (Å²) in [5, 5.41) is 0. The number of rotatable bonds is 5. The van der Waals surface area contributed by atoms with Gasteiger partial charge in [0.15, 0.2) is 0 Å². The summed E-state index contributed by atoms with van der Waals surface area (Å²) in [7, 11) is 0. The van der Waals surface area contributed by atoms with Crippen molar-refractivity contribution in [3.63, 3.8) is 0 Å². The van der Waals surface area contributed by atoms with E-state index in [-0.39, 0.29) is 18.2 Å². The highest BCUT2D eigenvalue weighted by Gasteiger charge is 2.42. The van der Waals surface area contributed by atoms with E-state index in [1.165, 1.54) is 19.3 Å². The number of ether oxygens (including phenoxy) is 2. The fraction of sp³-hybridized carbons (Fsp3) is 1.00. The molecule has 2 N–H and O–H groups in total. The van der Waals surface area contributed by atoms with E-state index in [0.717, 1.165) is 31.3 Å². The molecule has 0 spiro atoms. The number of nitrogens with two attached hydrogens (primary N) is 1. The lowest BCUT2D eigenvalue weighted by Crippen LogP contribution is -2.59. The van der Waals surface area contributed by atoms with Crippen LogP contribution < -0.4 is 5.73 Å². The van der Waals surface area contributed by atoms with Crippen LogP contribution in [0.4, 0.5) is 0 Å². The van der Waals surface area contributed by atoms with Crippen LogP contribution in [0.2, 0.25) is 0 Å². The maximum atomic E-state index is 6.22. The minimum absolute atomic E-state index is 0.139. The zero-order valence-corrected chi connectivity index (χ0v) is 12.1. The number of hydrogen-bond acceptors (Lipinski definition) is 3. The van der Waals surface area contributed by atoms with Crippen molar-refractivity contribution in [2.24, 2.45) is 17.6 Å². The molecule has 3 nitrogen and oxygen atoms in total. The van der Waals surface area contributed by atoms with Crippen LogP contribution in [0.3, 0.4) is 0 Å². The monoisotopic (exact) mass is 255 g/mol. The molecule has 0 aromatic rings. The van der Waals surface area contributed by atoms with Gasteiger partial charge >= 0.3 is 0 Å². The fourth-order valence-electron chi connectivity index (χ4n) is 3.10. The van der Waals surface area contributed by atoms with Crippen LogP contribution in [-0.4, -0.2) is 31.0 Å². The molecule has 0 amide bonds. The van der Waals surface area contributed by atoms with Crippen LogP contribution in [0, 0.1) is 11.8 Å². The summed E-state index contributed by atoms with van der Waals surface area (Å²) in [6.07, 6.45) is 6.54.